The summed E-state index contributed by atoms with van der Waals surface area (Å²) in [7, 11) is 0. The van der Waals surface area contributed by atoms with Crippen molar-refractivity contribution in [1.82, 2.24) is 0 Å². The molecule has 4 nitrogen and oxygen atoms in total. The van der Waals surface area contributed by atoms with Crippen LogP contribution in [0.5, 0.6) is 0 Å². The van der Waals surface area contributed by atoms with E-state index in [2.05, 4.69) is 5.32 Å². The molecule has 0 bridgehead atoms. The van der Waals surface area contributed by atoms with Gasteiger partial charge in [-0.3, -0.25) is 9.59 Å². The molecule has 1 N–H and O–H groups in total. The Balaban J connectivity index is 1.90. The number of benzene rings is 2. The molecule has 0 aliphatic heterocycles. The minimum absolute atomic E-state index is 0.135. The van der Waals surface area contributed by atoms with E-state index in [0.29, 0.717) is 10.7 Å². The first kappa shape index (κ1) is 18.0. The lowest BCUT2D eigenvalue weighted by Gasteiger charge is -2.14. The van der Waals surface area contributed by atoms with Gasteiger partial charge in [0.1, 0.15) is 0 Å². The van der Waals surface area contributed by atoms with Gasteiger partial charge in [0.05, 0.1) is 6.42 Å². The molecule has 0 heterocycles. The third-order valence-electron chi connectivity index (χ3n) is 3.69. The molecule has 1 atom stereocenters. The second-order valence-electron chi connectivity index (χ2n) is 5.73. The normalized spacial score (nSPS) is 11.7. The van der Waals surface area contributed by atoms with Crippen molar-refractivity contribution in [2.75, 3.05) is 5.32 Å². The largest absolute Gasteiger partial charge is 0.452 e. The van der Waals surface area contributed by atoms with Crippen molar-refractivity contribution in [2.45, 2.75) is 33.3 Å². The van der Waals surface area contributed by atoms with Gasteiger partial charge in [-0.2, -0.15) is 0 Å². The Bertz CT molecular complexity index is 758. The number of rotatable bonds is 5. The van der Waals surface area contributed by atoms with E-state index < -0.39 is 18.0 Å². The van der Waals surface area contributed by atoms with E-state index in [-0.39, 0.29) is 6.42 Å². The van der Waals surface area contributed by atoms with Crippen molar-refractivity contribution in [3.63, 3.8) is 0 Å². The van der Waals surface area contributed by atoms with Crippen LogP contribution in [0.1, 0.15) is 23.6 Å². The number of aryl methyl sites for hydroxylation is 2. The third-order valence-corrected chi connectivity index (χ3v) is 3.92. The Hall–Kier alpha value is -2.33. The Labute approximate surface area is 146 Å². The number of halogens is 1. The summed E-state index contributed by atoms with van der Waals surface area (Å²) in [4.78, 5) is 24.1. The lowest BCUT2D eigenvalue weighted by atomic mass is 10.0. The number of hydrogen-bond acceptors (Lipinski definition) is 3. The van der Waals surface area contributed by atoms with Crippen LogP contribution in [0.2, 0.25) is 5.02 Å². The standard InChI is InChI=1S/C19H20ClNO3/c1-12-7-8-15(9-13(12)2)10-18(22)24-14(3)19(23)21-17-6-4-5-16(20)11-17/h4-9,11,14H,10H2,1-3H3,(H,21,23)/t14-/m0/s1. The maximum atomic E-state index is 12.1. The highest BCUT2D eigenvalue weighted by molar-refractivity contribution is 6.30. The second kappa shape index (κ2) is 7.97. The van der Waals surface area contributed by atoms with E-state index in [0.717, 1.165) is 11.1 Å². The Morgan fingerprint density at radius 1 is 1.12 bits per heavy atom. The molecule has 0 unspecified atom stereocenters. The summed E-state index contributed by atoms with van der Waals surface area (Å²) in [5.74, 6) is -0.835. The third kappa shape index (κ3) is 5.10. The summed E-state index contributed by atoms with van der Waals surface area (Å²) in [6.45, 7) is 5.54. The Morgan fingerprint density at radius 3 is 2.54 bits per heavy atom. The molecule has 0 aliphatic rings. The Morgan fingerprint density at radius 2 is 1.88 bits per heavy atom. The van der Waals surface area contributed by atoms with Crippen LogP contribution in [-0.2, 0) is 20.7 Å². The molecular formula is C19H20ClNO3. The molecule has 0 saturated carbocycles. The zero-order valence-corrected chi connectivity index (χ0v) is 14.7. The highest BCUT2D eigenvalue weighted by Crippen LogP contribution is 2.15. The average molecular weight is 346 g/mol. The number of anilines is 1. The molecule has 2 rings (SSSR count). The molecule has 0 fully saturated rings. The van der Waals surface area contributed by atoms with E-state index in [1.807, 2.05) is 32.0 Å². The SMILES string of the molecule is Cc1ccc(CC(=O)O[C@@H](C)C(=O)Nc2cccc(Cl)c2)cc1C. The van der Waals surface area contributed by atoms with Gasteiger partial charge in [0.25, 0.3) is 5.91 Å². The van der Waals surface area contributed by atoms with Crippen molar-refractivity contribution in [3.8, 4) is 0 Å². The maximum Gasteiger partial charge on any atom is 0.311 e. The fourth-order valence-corrected chi connectivity index (χ4v) is 2.37. The molecule has 126 valence electrons. The topological polar surface area (TPSA) is 55.4 Å². The van der Waals surface area contributed by atoms with Gasteiger partial charge in [-0.1, -0.05) is 35.9 Å². The predicted molar refractivity (Wildman–Crippen MR) is 95.3 cm³/mol. The molecule has 0 radical (unpaired) electrons. The lowest BCUT2D eigenvalue weighted by molar-refractivity contribution is -0.152. The number of amides is 1. The van der Waals surface area contributed by atoms with Gasteiger partial charge in [0.2, 0.25) is 0 Å². The van der Waals surface area contributed by atoms with Crippen molar-refractivity contribution in [3.05, 3.63) is 64.2 Å². The van der Waals surface area contributed by atoms with Gasteiger partial charge in [0, 0.05) is 10.7 Å². The molecule has 24 heavy (non-hydrogen) atoms. The molecule has 0 aromatic heterocycles. The first-order valence-electron chi connectivity index (χ1n) is 7.67. The zero-order chi connectivity index (χ0) is 17.7. The van der Waals surface area contributed by atoms with E-state index >= 15 is 0 Å². The first-order valence-corrected chi connectivity index (χ1v) is 8.05. The van der Waals surface area contributed by atoms with Crippen molar-refractivity contribution >= 4 is 29.2 Å². The van der Waals surface area contributed by atoms with Crippen molar-refractivity contribution < 1.29 is 14.3 Å². The summed E-state index contributed by atoms with van der Waals surface area (Å²) < 4.78 is 5.20. The van der Waals surface area contributed by atoms with Gasteiger partial charge in [-0.05, 0) is 55.7 Å². The van der Waals surface area contributed by atoms with Crippen LogP contribution in [0.25, 0.3) is 0 Å². The van der Waals surface area contributed by atoms with Gasteiger partial charge in [0.15, 0.2) is 6.10 Å². The van der Waals surface area contributed by atoms with E-state index in [4.69, 9.17) is 16.3 Å². The molecule has 2 aromatic rings. The maximum absolute atomic E-state index is 12.1. The smallest absolute Gasteiger partial charge is 0.311 e. The fraction of sp³-hybridized carbons (Fsp3) is 0.263. The van der Waals surface area contributed by atoms with Gasteiger partial charge in [-0.15, -0.1) is 0 Å². The average Bonchev–Trinajstić information content (AvgIpc) is 2.50. The predicted octanol–water partition coefficient (Wildman–Crippen LogP) is 4.07. The van der Waals surface area contributed by atoms with Crippen LogP contribution in [0, 0.1) is 13.8 Å². The molecule has 0 saturated heterocycles. The van der Waals surface area contributed by atoms with Gasteiger partial charge in [-0.25, -0.2) is 0 Å². The number of esters is 1. The van der Waals surface area contributed by atoms with Crippen LogP contribution in [0.4, 0.5) is 5.69 Å². The van der Waals surface area contributed by atoms with Crippen LogP contribution >= 0.6 is 11.6 Å². The minimum atomic E-state index is -0.886. The van der Waals surface area contributed by atoms with Crippen molar-refractivity contribution in [2.24, 2.45) is 0 Å². The van der Waals surface area contributed by atoms with Crippen LogP contribution in [0.3, 0.4) is 0 Å². The summed E-state index contributed by atoms with van der Waals surface area (Å²) in [6, 6.07) is 12.6. The molecule has 0 aliphatic carbocycles. The van der Waals surface area contributed by atoms with Gasteiger partial charge < -0.3 is 10.1 Å². The van der Waals surface area contributed by atoms with Crippen LogP contribution < -0.4 is 5.32 Å². The first-order chi connectivity index (χ1) is 11.3. The molecule has 2 aromatic carbocycles. The lowest BCUT2D eigenvalue weighted by Crippen LogP contribution is -2.30. The fourth-order valence-electron chi connectivity index (χ4n) is 2.18. The summed E-state index contributed by atoms with van der Waals surface area (Å²) in [5.41, 5.74) is 3.71. The van der Waals surface area contributed by atoms with E-state index in [1.54, 1.807) is 24.3 Å². The van der Waals surface area contributed by atoms with Crippen LogP contribution in [-0.4, -0.2) is 18.0 Å². The molecule has 0 spiro atoms. The summed E-state index contributed by atoms with van der Waals surface area (Å²) in [6.07, 6.45) is -0.751. The zero-order valence-electron chi connectivity index (χ0n) is 13.9. The Kier molecular flexibility index (Phi) is 5.99. The molecular weight excluding hydrogens is 326 g/mol. The number of carbonyl (C=O) groups is 2. The molecule has 1 amide bonds. The number of nitrogens with one attached hydrogen (secondary N) is 1. The number of hydrogen-bond donors (Lipinski definition) is 1. The highest BCUT2D eigenvalue weighted by Gasteiger charge is 2.18. The van der Waals surface area contributed by atoms with Crippen LogP contribution in [0.15, 0.2) is 42.5 Å². The van der Waals surface area contributed by atoms with Gasteiger partial charge >= 0.3 is 5.97 Å². The van der Waals surface area contributed by atoms with E-state index in [1.165, 1.54) is 12.5 Å². The summed E-state index contributed by atoms with van der Waals surface area (Å²) in [5, 5.41) is 3.19. The number of ether oxygens (including phenoxy) is 1. The monoisotopic (exact) mass is 345 g/mol. The quantitative estimate of drug-likeness (QED) is 0.831. The van der Waals surface area contributed by atoms with E-state index in [9.17, 15) is 9.59 Å². The second-order valence-corrected chi connectivity index (χ2v) is 6.16. The summed E-state index contributed by atoms with van der Waals surface area (Å²) >= 11 is 5.87. The molecule has 5 heteroatoms. The number of carbonyl (C=O) groups excluding carboxylic acids is 2. The highest BCUT2D eigenvalue weighted by atomic mass is 35.5. The van der Waals surface area contributed by atoms with Crippen molar-refractivity contribution in [1.29, 1.82) is 0 Å². The minimum Gasteiger partial charge on any atom is -0.452 e.